The molecule has 1 saturated heterocycles. The Morgan fingerprint density at radius 2 is 1.35 bits per heavy atom. The van der Waals surface area contributed by atoms with Gasteiger partial charge in [0.15, 0.2) is 0 Å². The zero-order valence-corrected chi connectivity index (χ0v) is 23.9. The van der Waals surface area contributed by atoms with Crippen molar-refractivity contribution < 1.29 is 9.31 Å². The molecular formula is C37H35BO2. The van der Waals surface area contributed by atoms with Crippen LogP contribution in [0.15, 0.2) is 115 Å². The van der Waals surface area contributed by atoms with E-state index in [0.717, 1.165) is 11.0 Å². The van der Waals surface area contributed by atoms with E-state index in [-0.39, 0.29) is 18.3 Å². The monoisotopic (exact) mass is 522 g/mol. The highest BCUT2D eigenvalue weighted by Crippen LogP contribution is 2.37. The van der Waals surface area contributed by atoms with Gasteiger partial charge in [-0.25, -0.2) is 0 Å². The summed E-state index contributed by atoms with van der Waals surface area (Å²) in [5.74, 6) is 0. The molecule has 0 saturated carbocycles. The van der Waals surface area contributed by atoms with Crippen molar-refractivity contribution in [1.82, 2.24) is 0 Å². The SMILES string of the molecule is C\C=C/C=C\C(=C\c1ccc2cc(B3OC(C)(C)C(C)(C)O3)ccc2c1)c1cccc2ccc3ccccc3c12. The molecule has 0 radical (unpaired) electrons. The zero-order valence-electron chi connectivity index (χ0n) is 23.9. The summed E-state index contributed by atoms with van der Waals surface area (Å²) in [6.45, 7) is 10.4. The van der Waals surface area contributed by atoms with Gasteiger partial charge in [0.1, 0.15) is 0 Å². The fraction of sp³-hybridized carbons (Fsp3) is 0.189. The molecule has 1 heterocycles. The first kappa shape index (κ1) is 26.3. The fourth-order valence-corrected chi connectivity index (χ4v) is 5.46. The van der Waals surface area contributed by atoms with Crippen molar-refractivity contribution in [1.29, 1.82) is 0 Å². The molecule has 0 aromatic heterocycles. The predicted molar refractivity (Wildman–Crippen MR) is 173 cm³/mol. The molecule has 6 rings (SSSR count). The lowest BCUT2D eigenvalue weighted by Crippen LogP contribution is -2.41. The number of hydrogen-bond acceptors (Lipinski definition) is 2. The van der Waals surface area contributed by atoms with E-state index in [0.29, 0.717) is 0 Å². The molecule has 1 aliphatic rings. The second kappa shape index (κ2) is 10.2. The summed E-state index contributed by atoms with van der Waals surface area (Å²) in [7, 11) is -0.362. The van der Waals surface area contributed by atoms with Crippen molar-refractivity contribution in [2.24, 2.45) is 0 Å². The Bertz CT molecular complexity index is 1810. The minimum Gasteiger partial charge on any atom is -0.399 e. The Morgan fingerprint density at radius 3 is 2.15 bits per heavy atom. The highest BCUT2D eigenvalue weighted by Gasteiger charge is 2.51. The highest BCUT2D eigenvalue weighted by atomic mass is 16.7. The number of fused-ring (bicyclic) bond motifs is 4. The van der Waals surface area contributed by atoms with Gasteiger partial charge in [-0.2, -0.15) is 0 Å². The third-order valence-corrected chi connectivity index (χ3v) is 8.40. The van der Waals surface area contributed by atoms with Gasteiger partial charge < -0.3 is 9.31 Å². The summed E-state index contributed by atoms with van der Waals surface area (Å²) in [5, 5.41) is 7.42. The second-order valence-corrected chi connectivity index (χ2v) is 11.6. The topological polar surface area (TPSA) is 18.5 Å². The fourth-order valence-electron chi connectivity index (χ4n) is 5.46. The summed E-state index contributed by atoms with van der Waals surface area (Å²) in [6.07, 6.45) is 10.8. The Balaban J connectivity index is 1.43. The van der Waals surface area contributed by atoms with E-state index >= 15 is 0 Å². The quantitative estimate of drug-likeness (QED) is 0.0992. The van der Waals surface area contributed by atoms with E-state index in [2.05, 4.69) is 149 Å². The van der Waals surface area contributed by atoms with Gasteiger partial charge in [-0.3, -0.25) is 0 Å². The summed E-state index contributed by atoms with van der Waals surface area (Å²) in [6, 6.07) is 32.8. The van der Waals surface area contributed by atoms with Gasteiger partial charge in [0.2, 0.25) is 0 Å². The maximum absolute atomic E-state index is 6.29. The average Bonchev–Trinajstić information content (AvgIpc) is 3.18. The Labute approximate surface area is 237 Å². The molecule has 5 aromatic carbocycles. The van der Waals surface area contributed by atoms with Crippen LogP contribution in [0.2, 0.25) is 0 Å². The largest absolute Gasteiger partial charge is 0.494 e. The molecule has 3 heteroatoms. The molecule has 5 aromatic rings. The highest BCUT2D eigenvalue weighted by molar-refractivity contribution is 6.62. The van der Waals surface area contributed by atoms with Crippen LogP contribution in [0.5, 0.6) is 0 Å². The maximum Gasteiger partial charge on any atom is 0.494 e. The van der Waals surface area contributed by atoms with Gasteiger partial charge in [0, 0.05) is 0 Å². The van der Waals surface area contributed by atoms with Crippen LogP contribution in [0.3, 0.4) is 0 Å². The van der Waals surface area contributed by atoms with Gasteiger partial charge in [-0.1, -0.05) is 109 Å². The molecule has 1 aliphatic heterocycles. The van der Waals surface area contributed by atoms with Crippen LogP contribution in [0.4, 0.5) is 0 Å². The molecule has 0 bridgehead atoms. The summed E-state index contributed by atoms with van der Waals surface area (Å²) >= 11 is 0. The first-order valence-electron chi connectivity index (χ1n) is 14.1. The van der Waals surface area contributed by atoms with Crippen molar-refractivity contribution in [3.63, 3.8) is 0 Å². The van der Waals surface area contributed by atoms with Gasteiger partial charge in [-0.05, 0) is 101 Å². The smallest absolute Gasteiger partial charge is 0.399 e. The minimum absolute atomic E-state index is 0.356. The van der Waals surface area contributed by atoms with Crippen LogP contribution in [-0.2, 0) is 9.31 Å². The second-order valence-electron chi connectivity index (χ2n) is 11.6. The molecule has 40 heavy (non-hydrogen) atoms. The standard InChI is InChI=1S/C37H35BO2/c1-6-7-8-13-31(34-16-11-14-28-20-19-27-12-9-10-15-33(27)35(28)34)24-26-17-18-30-25-32(22-21-29(30)23-26)38-39-36(2,3)37(4,5)40-38/h6-25H,1-5H3/b7-6-,13-8-,31-24-. The molecule has 198 valence electrons. The number of benzene rings is 5. The van der Waals surface area contributed by atoms with E-state index in [1.807, 2.05) is 6.92 Å². The Kier molecular flexibility index (Phi) is 6.74. The van der Waals surface area contributed by atoms with E-state index in [4.69, 9.17) is 9.31 Å². The van der Waals surface area contributed by atoms with E-state index in [1.165, 1.54) is 43.5 Å². The van der Waals surface area contributed by atoms with Crippen molar-refractivity contribution in [3.8, 4) is 0 Å². The summed E-state index contributed by atoms with van der Waals surface area (Å²) < 4.78 is 12.6. The number of rotatable bonds is 5. The lowest BCUT2D eigenvalue weighted by molar-refractivity contribution is 0.00578. The van der Waals surface area contributed by atoms with Crippen LogP contribution in [0.25, 0.3) is 44.0 Å². The molecule has 0 unspecified atom stereocenters. The summed E-state index contributed by atoms with van der Waals surface area (Å²) in [4.78, 5) is 0. The third kappa shape index (κ3) is 4.81. The molecule has 2 nitrogen and oxygen atoms in total. The van der Waals surface area contributed by atoms with Crippen LogP contribution in [0.1, 0.15) is 45.7 Å². The average molecular weight is 522 g/mol. The third-order valence-electron chi connectivity index (χ3n) is 8.40. The first-order valence-corrected chi connectivity index (χ1v) is 14.1. The van der Waals surface area contributed by atoms with Crippen molar-refractivity contribution >= 4 is 56.5 Å². The van der Waals surface area contributed by atoms with Crippen LogP contribution < -0.4 is 5.46 Å². The maximum atomic E-state index is 6.29. The van der Waals surface area contributed by atoms with Crippen LogP contribution >= 0.6 is 0 Å². The minimum atomic E-state index is -0.362. The molecule has 1 fully saturated rings. The van der Waals surface area contributed by atoms with Crippen LogP contribution in [0, 0.1) is 0 Å². The van der Waals surface area contributed by atoms with Gasteiger partial charge in [0.05, 0.1) is 11.2 Å². The predicted octanol–water partition coefficient (Wildman–Crippen LogP) is 9.12. The zero-order chi connectivity index (χ0) is 27.9. The van der Waals surface area contributed by atoms with Crippen molar-refractivity contribution in [2.75, 3.05) is 0 Å². The molecule has 0 spiro atoms. The molecule has 0 amide bonds. The van der Waals surface area contributed by atoms with Gasteiger partial charge in [0.25, 0.3) is 0 Å². The van der Waals surface area contributed by atoms with Crippen molar-refractivity contribution in [3.05, 3.63) is 126 Å². The van der Waals surface area contributed by atoms with Crippen LogP contribution in [-0.4, -0.2) is 18.3 Å². The summed E-state index contributed by atoms with van der Waals surface area (Å²) in [5.41, 5.74) is 3.90. The lowest BCUT2D eigenvalue weighted by atomic mass is 9.78. The van der Waals surface area contributed by atoms with Crippen molar-refractivity contribution in [2.45, 2.75) is 45.8 Å². The normalized spacial score (nSPS) is 17.2. The lowest BCUT2D eigenvalue weighted by Gasteiger charge is -2.32. The van der Waals surface area contributed by atoms with E-state index < -0.39 is 0 Å². The molecule has 0 atom stereocenters. The Hall–Kier alpha value is -3.92. The molecule has 0 N–H and O–H groups in total. The van der Waals surface area contributed by atoms with Gasteiger partial charge in [-0.15, -0.1) is 0 Å². The number of hydrogen-bond donors (Lipinski definition) is 0. The van der Waals surface area contributed by atoms with E-state index in [9.17, 15) is 0 Å². The van der Waals surface area contributed by atoms with E-state index in [1.54, 1.807) is 0 Å². The molecular weight excluding hydrogens is 487 g/mol. The Morgan fingerprint density at radius 1 is 0.675 bits per heavy atom. The molecule has 0 aliphatic carbocycles. The number of allylic oxidation sites excluding steroid dienone is 5. The first-order chi connectivity index (χ1) is 19.3. The van der Waals surface area contributed by atoms with Gasteiger partial charge >= 0.3 is 7.12 Å².